The maximum absolute atomic E-state index is 13.2. The second-order valence-electron chi connectivity index (χ2n) is 7.84. The number of nitrogens with one attached hydrogen (secondary N) is 1. The van der Waals surface area contributed by atoms with Gasteiger partial charge in [-0.25, -0.2) is 9.78 Å². The molecule has 0 unspecified atom stereocenters. The Morgan fingerprint density at radius 1 is 1.24 bits per heavy atom. The fraction of sp³-hybridized carbons (Fsp3) is 0.591. The highest BCUT2D eigenvalue weighted by Crippen LogP contribution is 2.37. The van der Waals surface area contributed by atoms with Crippen molar-refractivity contribution < 1.29 is 14.3 Å². The van der Waals surface area contributed by atoms with E-state index in [-0.39, 0.29) is 17.0 Å². The summed E-state index contributed by atoms with van der Waals surface area (Å²) in [6, 6.07) is 0.478. The number of esters is 1. The molecular formula is C22H31N3O3S. The minimum absolute atomic E-state index is 0.0255. The number of Topliss-reactive ketones (excluding diaryl/α,β-unsaturated/α-hetero) is 1. The number of nitrogens with zero attached hydrogens (tertiary/aromatic N) is 2. The Bertz CT molecular complexity index is 922. The second kappa shape index (κ2) is 8.78. The Kier molecular flexibility index (Phi) is 6.56. The van der Waals surface area contributed by atoms with Crippen LogP contribution in [0, 0.1) is 27.7 Å². The maximum atomic E-state index is 13.2. The molecule has 1 atom stereocenters. The SMILES string of the molecule is CCOC(=O)c1c(C)[nH]c(C(=O)[C@H](C)Sc2nc(C)c(C)n2C2CCCC2)c1C. The monoisotopic (exact) mass is 417 g/mol. The van der Waals surface area contributed by atoms with Crippen LogP contribution in [0.25, 0.3) is 0 Å². The Balaban J connectivity index is 1.85. The predicted molar refractivity (Wildman–Crippen MR) is 115 cm³/mol. The van der Waals surface area contributed by atoms with E-state index in [1.165, 1.54) is 43.1 Å². The van der Waals surface area contributed by atoms with Gasteiger partial charge in [-0.2, -0.15) is 0 Å². The number of carbonyl (C=O) groups is 2. The lowest BCUT2D eigenvalue weighted by molar-refractivity contribution is 0.0525. The number of hydrogen-bond donors (Lipinski definition) is 1. The van der Waals surface area contributed by atoms with Gasteiger partial charge in [0, 0.05) is 17.4 Å². The molecule has 158 valence electrons. The number of imidazole rings is 1. The van der Waals surface area contributed by atoms with Crippen LogP contribution < -0.4 is 0 Å². The molecule has 1 N–H and O–H groups in total. The van der Waals surface area contributed by atoms with Gasteiger partial charge in [0.1, 0.15) is 0 Å². The predicted octanol–water partition coefficient (Wildman–Crippen LogP) is 5.10. The molecule has 29 heavy (non-hydrogen) atoms. The molecule has 6 nitrogen and oxygen atoms in total. The average molecular weight is 418 g/mol. The fourth-order valence-corrected chi connectivity index (χ4v) is 5.32. The molecule has 1 aliphatic rings. The van der Waals surface area contributed by atoms with Crippen molar-refractivity contribution >= 4 is 23.5 Å². The summed E-state index contributed by atoms with van der Waals surface area (Å²) in [5.74, 6) is -0.413. The molecule has 7 heteroatoms. The number of ether oxygens (including phenoxy) is 1. The molecule has 0 saturated heterocycles. The van der Waals surface area contributed by atoms with Crippen molar-refractivity contribution in [3.8, 4) is 0 Å². The van der Waals surface area contributed by atoms with E-state index in [4.69, 9.17) is 9.72 Å². The summed E-state index contributed by atoms with van der Waals surface area (Å²) in [6.07, 6.45) is 4.84. The minimum Gasteiger partial charge on any atom is -0.462 e. The first-order valence-corrected chi connectivity index (χ1v) is 11.3. The van der Waals surface area contributed by atoms with Crippen molar-refractivity contribution in [3.63, 3.8) is 0 Å². The van der Waals surface area contributed by atoms with E-state index in [0.717, 1.165) is 10.9 Å². The lowest BCUT2D eigenvalue weighted by atomic mass is 10.1. The second-order valence-corrected chi connectivity index (χ2v) is 9.15. The van der Waals surface area contributed by atoms with Crippen LogP contribution in [0.3, 0.4) is 0 Å². The highest BCUT2D eigenvalue weighted by Gasteiger charge is 2.29. The zero-order chi connectivity index (χ0) is 21.3. The average Bonchev–Trinajstić information content (AvgIpc) is 3.35. The van der Waals surface area contributed by atoms with Crippen molar-refractivity contribution in [3.05, 3.63) is 33.9 Å². The Labute approximate surface area is 176 Å². The summed E-state index contributed by atoms with van der Waals surface area (Å²) < 4.78 is 7.47. The van der Waals surface area contributed by atoms with Crippen LogP contribution >= 0.6 is 11.8 Å². The van der Waals surface area contributed by atoms with Gasteiger partial charge in [0.2, 0.25) is 0 Å². The fourth-order valence-electron chi connectivity index (χ4n) is 4.19. The minimum atomic E-state index is -0.388. The standard InChI is InChI=1S/C22H31N3O3S/c1-7-28-21(27)18-12(2)19(23-14(18)4)20(26)16(6)29-22-24-13(3)15(5)25(22)17-10-8-9-11-17/h16-17,23H,7-11H2,1-6H3/t16-/m0/s1. The zero-order valence-electron chi connectivity index (χ0n) is 18.2. The maximum Gasteiger partial charge on any atom is 0.340 e. The molecule has 0 bridgehead atoms. The van der Waals surface area contributed by atoms with Gasteiger partial charge >= 0.3 is 5.97 Å². The molecule has 2 aromatic heterocycles. The highest BCUT2D eigenvalue weighted by molar-refractivity contribution is 8.00. The molecule has 1 saturated carbocycles. The normalized spacial score (nSPS) is 15.7. The van der Waals surface area contributed by atoms with E-state index in [9.17, 15) is 9.59 Å². The van der Waals surface area contributed by atoms with E-state index < -0.39 is 0 Å². The topological polar surface area (TPSA) is 77.0 Å². The Morgan fingerprint density at radius 3 is 2.52 bits per heavy atom. The van der Waals surface area contributed by atoms with Crippen LogP contribution in [0.5, 0.6) is 0 Å². The number of aromatic amines is 1. The summed E-state index contributed by atoms with van der Waals surface area (Å²) in [6.45, 7) is 11.7. The molecule has 0 aliphatic heterocycles. The number of ketones is 1. The van der Waals surface area contributed by atoms with Crippen LogP contribution in [0.1, 0.15) is 89.1 Å². The number of carbonyl (C=O) groups excluding carboxylic acids is 2. The molecule has 3 rings (SSSR count). The summed E-state index contributed by atoms with van der Waals surface area (Å²) in [4.78, 5) is 33.3. The number of H-pyrrole nitrogens is 1. The Hall–Kier alpha value is -2.02. The number of aryl methyl sites for hydroxylation is 2. The quantitative estimate of drug-likeness (QED) is 0.385. The summed E-state index contributed by atoms with van der Waals surface area (Å²) in [7, 11) is 0. The van der Waals surface area contributed by atoms with Gasteiger partial charge in [-0.1, -0.05) is 24.6 Å². The van der Waals surface area contributed by atoms with Crippen LogP contribution in [0.15, 0.2) is 5.16 Å². The lowest BCUT2D eigenvalue weighted by Crippen LogP contribution is -2.17. The smallest absolute Gasteiger partial charge is 0.340 e. The van der Waals surface area contributed by atoms with Gasteiger partial charge in [0.05, 0.1) is 28.8 Å². The van der Waals surface area contributed by atoms with Gasteiger partial charge in [0.15, 0.2) is 10.9 Å². The summed E-state index contributed by atoms with van der Waals surface area (Å²) in [5.41, 5.74) is 4.49. The molecule has 1 fully saturated rings. The van der Waals surface area contributed by atoms with Crippen molar-refractivity contribution in [1.82, 2.24) is 14.5 Å². The van der Waals surface area contributed by atoms with E-state index >= 15 is 0 Å². The number of rotatable bonds is 7. The third-order valence-corrected chi connectivity index (χ3v) is 6.93. The van der Waals surface area contributed by atoms with Gasteiger partial charge in [-0.3, -0.25) is 4.79 Å². The van der Waals surface area contributed by atoms with Gasteiger partial charge in [0.25, 0.3) is 0 Å². The van der Waals surface area contributed by atoms with Gasteiger partial charge < -0.3 is 14.3 Å². The van der Waals surface area contributed by atoms with Crippen molar-refractivity contribution in [2.45, 2.75) is 83.7 Å². The van der Waals surface area contributed by atoms with Gasteiger partial charge in [-0.15, -0.1) is 0 Å². The summed E-state index contributed by atoms with van der Waals surface area (Å²) in [5, 5.41) is 0.599. The summed E-state index contributed by atoms with van der Waals surface area (Å²) >= 11 is 1.50. The molecule has 0 aromatic carbocycles. The first-order chi connectivity index (χ1) is 13.8. The molecule has 1 aliphatic carbocycles. The van der Waals surface area contributed by atoms with Crippen molar-refractivity contribution in [2.24, 2.45) is 0 Å². The Morgan fingerprint density at radius 2 is 1.90 bits per heavy atom. The molecule has 0 spiro atoms. The third-order valence-electron chi connectivity index (χ3n) is 5.86. The van der Waals surface area contributed by atoms with Crippen LogP contribution in [0.2, 0.25) is 0 Å². The lowest BCUT2D eigenvalue weighted by Gasteiger charge is -2.18. The van der Waals surface area contributed by atoms with E-state index in [2.05, 4.69) is 16.5 Å². The zero-order valence-corrected chi connectivity index (χ0v) is 19.0. The van der Waals surface area contributed by atoms with Gasteiger partial charge in [-0.05, 0) is 59.9 Å². The number of aromatic nitrogens is 3. The third kappa shape index (κ3) is 4.15. The number of hydrogen-bond acceptors (Lipinski definition) is 5. The first kappa shape index (κ1) is 21.7. The van der Waals surface area contributed by atoms with Crippen LogP contribution in [0.4, 0.5) is 0 Å². The molecule has 0 radical (unpaired) electrons. The van der Waals surface area contributed by atoms with Crippen molar-refractivity contribution in [1.29, 1.82) is 0 Å². The highest BCUT2D eigenvalue weighted by atomic mass is 32.2. The van der Waals surface area contributed by atoms with Crippen LogP contribution in [-0.4, -0.2) is 38.1 Å². The van der Waals surface area contributed by atoms with Crippen LogP contribution in [-0.2, 0) is 4.74 Å². The molecule has 2 heterocycles. The van der Waals surface area contributed by atoms with Crippen molar-refractivity contribution in [2.75, 3.05) is 6.61 Å². The molecular weight excluding hydrogens is 386 g/mol. The largest absolute Gasteiger partial charge is 0.462 e. The first-order valence-electron chi connectivity index (χ1n) is 10.4. The van der Waals surface area contributed by atoms with E-state index in [0.29, 0.717) is 35.2 Å². The molecule has 2 aromatic rings. The van der Waals surface area contributed by atoms with E-state index in [1.54, 1.807) is 20.8 Å². The number of thioether (sulfide) groups is 1. The molecule has 0 amide bonds. The van der Waals surface area contributed by atoms with E-state index in [1.807, 2.05) is 13.8 Å².